The molecule has 23 heavy (non-hydrogen) atoms. The van der Waals surface area contributed by atoms with E-state index in [0.29, 0.717) is 30.3 Å². The SMILES string of the molecule is Cc1nn(-c2ccc(C(=O)N3CCOC(C)C3)cc2)c(C)c1Cl. The first-order valence-electron chi connectivity index (χ1n) is 7.70. The number of rotatable bonds is 2. The van der Waals surface area contributed by atoms with Gasteiger partial charge in [-0.05, 0) is 45.0 Å². The van der Waals surface area contributed by atoms with E-state index < -0.39 is 0 Å². The number of carbonyl (C=O) groups excluding carboxylic acids is 1. The number of halogens is 1. The molecule has 1 aliphatic heterocycles. The van der Waals surface area contributed by atoms with Crippen molar-refractivity contribution in [1.29, 1.82) is 0 Å². The van der Waals surface area contributed by atoms with Crippen LogP contribution in [0.25, 0.3) is 5.69 Å². The number of morpholine rings is 1. The molecule has 1 amide bonds. The number of hydrogen-bond donors (Lipinski definition) is 0. The molecular weight excluding hydrogens is 314 g/mol. The molecule has 2 aromatic rings. The predicted octanol–water partition coefficient (Wildman–Crippen LogP) is 3.00. The molecule has 0 spiro atoms. The minimum absolute atomic E-state index is 0.0399. The molecule has 1 unspecified atom stereocenters. The van der Waals surface area contributed by atoms with Gasteiger partial charge in [0, 0.05) is 18.7 Å². The number of nitrogens with zero attached hydrogens (tertiary/aromatic N) is 3. The first-order valence-corrected chi connectivity index (χ1v) is 8.08. The molecule has 1 aromatic heterocycles. The van der Waals surface area contributed by atoms with Gasteiger partial charge < -0.3 is 9.64 Å². The average molecular weight is 334 g/mol. The number of aryl methyl sites for hydroxylation is 1. The van der Waals surface area contributed by atoms with E-state index in [2.05, 4.69) is 5.10 Å². The van der Waals surface area contributed by atoms with Crippen molar-refractivity contribution in [3.8, 4) is 5.69 Å². The summed E-state index contributed by atoms with van der Waals surface area (Å²) >= 11 is 6.19. The maximum atomic E-state index is 12.5. The molecule has 1 aliphatic rings. The Balaban J connectivity index is 1.81. The van der Waals surface area contributed by atoms with Crippen LogP contribution in [0.2, 0.25) is 5.02 Å². The van der Waals surface area contributed by atoms with Gasteiger partial charge in [-0.25, -0.2) is 4.68 Å². The van der Waals surface area contributed by atoms with E-state index in [9.17, 15) is 4.79 Å². The Labute approximate surface area is 140 Å². The van der Waals surface area contributed by atoms with Crippen molar-refractivity contribution in [1.82, 2.24) is 14.7 Å². The van der Waals surface area contributed by atoms with Gasteiger partial charge in [-0.3, -0.25) is 4.79 Å². The lowest BCUT2D eigenvalue weighted by Gasteiger charge is -2.31. The van der Waals surface area contributed by atoms with Crippen molar-refractivity contribution >= 4 is 17.5 Å². The zero-order chi connectivity index (χ0) is 16.6. The number of benzene rings is 1. The summed E-state index contributed by atoms with van der Waals surface area (Å²) < 4.78 is 7.27. The largest absolute Gasteiger partial charge is 0.375 e. The molecule has 1 saturated heterocycles. The van der Waals surface area contributed by atoms with Gasteiger partial charge in [0.25, 0.3) is 5.91 Å². The van der Waals surface area contributed by atoms with Crippen LogP contribution in [0.5, 0.6) is 0 Å². The summed E-state index contributed by atoms with van der Waals surface area (Å²) in [7, 11) is 0. The number of carbonyl (C=O) groups is 1. The van der Waals surface area contributed by atoms with Crippen LogP contribution < -0.4 is 0 Å². The van der Waals surface area contributed by atoms with E-state index in [0.717, 1.165) is 17.1 Å². The van der Waals surface area contributed by atoms with Crippen LogP contribution in [0.15, 0.2) is 24.3 Å². The number of ether oxygens (including phenoxy) is 1. The topological polar surface area (TPSA) is 47.4 Å². The summed E-state index contributed by atoms with van der Waals surface area (Å²) in [6, 6.07) is 7.46. The highest BCUT2D eigenvalue weighted by atomic mass is 35.5. The second-order valence-electron chi connectivity index (χ2n) is 5.88. The molecule has 1 aromatic carbocycles. The molecule has 1 atom stereocenters. The van der Waals surface area contributed by atoms with Gasteiger partial charge in [0.15, 0.2) is 0 Å². The Hall–Kier alpha value is -1.85. The van der Waals surface area contributed by atoms with Gasteiger partial charge in [0.05, 0.1) is 34.8 Å². The highest BCUT2D eigenvalue weighted by Crippen LogP contribution is 2.22. The molecule has 3 rings (SSSR count). The van der Waals surface area contributed by atoms with Gasteiger partial charge in [-0.1, -0.05) is 11.6 Å². The standard InChI is InChI=1S/C17H20ClN3O2/c1-11-10-20(8-9-23-11)17(22)14-4-6-15(7-5-14)21-13(3)16(18)12(2)19-21/h4-7,11H,8-10H2,1-3H3. The highest BCUT2D eigenvalue weighted by molar-refractivity contribution is 6.31. The Morgan fingerprint density at radius 3 is 2.57 bits per heavy atom. The Morgan fingerprint density at radius 2 is 2.00 bits per heavy atom. The first-order chi connectivity index (χ1) is 11.0. The molecule has 6 heteroatoms. The highest BCUT2D eigenvalue weighted by Gasteiger charge is 2.22. The first kappa shape index (κ1) is 16.0. The lowest BCUT2D eigenvalue weighted by Crippen LogP contribution is -2.44. The number of aromatic nitrogens is 2. The van der Waals surface area contributed by atoms with Crippen molar-refractivity contribution in [2.45, 2.75) is 26.9 Å². The summed E-state index contributed by atoms with van der Waals surface area (Å²) in [6.07, 6.45) is 0.0869. The molecule has 5 nitrogen and oxygen atoms in total. The molecular formula is C17H20ClN3O2. The Kier molecular flexibility index (Phi) is 4.41. The third-order valence-electron chi connectivity index (χ3n) is 4.09. The summed E-state index contributed by atoms with van der Waals surface area (Å²) in [4.78, 5) is 14.4. The number of amides is 1. The fourth-order valence-corrected chi connectivity index (χ4v) is 2.92. The van der Waals surface area contributed by atoms with E-state index in [4.69, 9.17) is 16.3 Å². The molecule has 0 saturated carbocycles. The average Bonchev–Trinajstić information content (AvgIpc) is 2.82. The van der Waals surface area contributed by atoms with Crippen molar-refractivity contribution in [3.63, 3.8) is 0 Å². The van der Waals surface area contributed by atoms with Crippen LogP contribution in [0.1, 0.15) is 28.7 Å². The third-order valence-corrected chi connectivity index (χ3v) is 4.64. The van der Waals surface area contributed by atoms with Gasteiger partial charge in [-0.15, -0.1) is 0 Å². The Bertz CT molecular complexity index is 724. The van der Waals surface area contributed by atoms with Gasteiger partial charge in [-0.2, -0.15) is 5.10 Å². The molecule has 122 valence electrons. The van der Waals surface area contributed by atoms with Crippen LogP contribution in [0.4, 0.5) is 0 Å². The summed E-state index contributed by atoms with van der Waals surface area (Å²) in [6.45, 7) is 7.65. The second kappa shape index (κ2) is 6.34. The van der Waals surface area contributed by atoms with E-state index >= 15 is 0 Å². The summed E-state index contributed by atoms with van der Waals surface area (Å²) in [5.41, 5.74) is 3.26. The van der Waals surface area contributed by atoms with Crippen LogP contribution in [0, 0.1) is 13.8 Å². The molecule has 0 radical (unpaired) electrons. The lowest BCUT2D eigenvalue weighted by molar-refractivity contribution is -0.0124. The monoisotopic (exact) mass is 333 g/mol. The van der Waals surface area contributed by atoms with E-state index in [1.807, 2.05) is 49.9 Å². The zero-order valence-electron chi connectivity index (χ0n) is 13.5. The smallest absolute Gasteiger partial charge is 0.254 e. The Morgan fingerprint density at radius 1 is 1.30 bits per heavy atom. The van der Waals surface area contributed by atoms with Crippen molar-refractivity contribution in [2.24, 2.45) is 0 Å². The van der Waals surface area contributed by atoms with Crippen molar-refractivity contribution < 1.29 is 9.53 Å². The van der Waals surface area contributed by atoms with Crippen molar-refractivity contribution in [2.75, 3.05) is 19.7 Å². The van der Waals surface area contributed by atoms with Crippen LogP contribution in [-0.4, -0.2) is 46.4 Å². The zero-order valence-corrected chi connectivity index (χ0v) is 14.3. The minimum atomic E-state index is 0.0399. The second-order valence-corrected chi connectivity index (χ2v) is 6.25. The lowest BCUT2D eigenvalue weighted by atomic mass is 10.1. The van der Waals surface area contributed by atoms with Gasteiger partial charge >= 0.3 is 0 Å². The maximum Gasteiger partial charge on any atom is 0.254 e. The van der Waals surface area contributed by atoms with Crippen molar-refractivity contribution in [3.05, 3.63) is 46.2 Å². The quantitative estimate of drug-likeness (QED) is 0.848. The fourth-order valence-electron chi connectivity index (χ4n) is 2.81. The van der Waals surface area contributed by atoms with Gasteiger partial charge in [0.1, 0.15) is 0 Å². The van der Waals surface area contributed by atoms with E-state index in [-0.39, 0.29) is 12.0 Å². The third kappa shape index (κ3) is 3.12. The van der Waals surface area contributed by atoms with Gasteiger partial charge in [0.2, 0.25) is 0 Å². The molecule has 1 fully saturated rings. The molecule has 0 bridgehead atoms. The maximum absolute atomic E-state index is 12.5. The fraction of sp³-hybridized carbons (Fsp3) is 0.412. The molecule has 2 heterocycles. The number of hydrogen-bond acceptors (Lipinski definition) is 3. The molecule has 0 N–H and O–H groups in total. The molecule has 0 aliphatic carbocycles. The minimum Gasteiger partial charge on any atom is -0.375 e. The summed E-state index contributed by atoms with van der Waals surface area (Å²) in [5, 5.41) is 5.10. The summed E-state index contributed by atoms with van der Waals surface area (Å²) in [5.74, 6) is 0.0399. The van der Waals surface area contributed by atoms with E-state index in [1.165, 1.54) is 0 Å². The van der Waals surface area contributed by atoms with Crippen LogP contribution in [-0.2, 0) is 4.74 Å². The normalized spacial score (nSPS) is 18.3. The van der Waals surface area contributed by atoms with Crippen LogP contribution in [0.3, 0.4) is 0 Å². The van der Waals surface area contributed by atoms with Crippen LogP contribution >= 0.6 is 11.6 Å². The predicted molar refractivity (Wildman–Crippen MR) is 89.4 cm³/mol. The van der Waals surface area contributed by atoms with E-state index in [1.54, 1.807) is 4.68 Å².